The van der Waals surface area contributed by atoms with Crippen LogP contribution in [0.15, 0.2) is 24.4 Å². The molecule has 0 aliphatic carbocycles. The summed E-state index contributed by atoms with van der Waals surface area (Å²) in [5, 5.41) is 6.82. The first kappa shape index (κ1) is 6.61. The summed E-state index contributed by atoms with van der Waals surface area (Å²) in [7, 11) is 0. The molecule has 0 aliphatic heterocycles. The SMILES string of the molecule is Cc1ccc(-c2ccn[nH]2)s1. The van der Waals surface area contributed by atoms with Crippen molar-refractivity contribution in [2.75, 3.05) is 0 Å². The number of thiophene rings is 1. The molecule has 2 aromatic rings. The van der Waals surface area contributed by atoms with Crippen LogP contribution in [0.25, 0.3) is 10.6 Å². The van der Waals surface area contributed by atoms with Crippen molar-refractivity contribution in [2.45, 2.75) is 6.92 Å². The van der Waals surface area contributed by atoms with E-state index in [1.165, 1.54) is 9.75 Å². The van der Waals surface area contributed by atoms with Crippen molar-refractivity contribution in [1.29, 1.82) is 0 Å². The second kappa shape index (κ2) is 2.51. The zero-order valence-electron chi connectivity index (χ0n) is 6.16. The van der Waals surface area contributed by atoms with E-state index in [0.29, 0.717) is 0 Å². The van der Waals surface area contributed by atoms with Gasteiger partial charge in [0, 0.05) is 11.1 Å². The summed E-state index contributed by atoms with van der Waals surface area (Å²) in [6.07, 6.45) is 1.77. The molecule has 0 unspecified atom stereocenters. The van der Waals surface area contributed by atoms with E-state index in [9.17, 15) is 0 Å². The molecule has 2 rings (SSSR count). The highest BCUT2D eigenvalue weighted by molar-refractivity contribution is 7.15. The van der Waals surface area contributed by atoms with E-state index in [-0.39, 0.29) is 0 Å². The fourth-order valence-corrected chi connectivity index (χ4v) is 1.82. The van der Waals surface area contributed by atoms with Crippen molar-refractivity contribution in [3.8, 4) is 10.6 Å². The van der Waals surface area contributed by atoms with Crippen LogP contribution in [0, 0.1) is 6.92 Å². The summed E-state index contributed by atoms with van der Waals surface area (Å²) in [6, 6.07) is 6.19. The van der Waals surface area contributed by atoms with Crippen LogP contribution in [0.4, 0.5) is 0 Å². The Morgan fingerprint density at radius 2 is 2.27 bits per heavy atom. The third kappa shape index (κ3) is 1.19. The normalized spacial score (nSPS) is 10.3. The average Bonchev–Trinajstić information content (AvgIpc) is 2.55. The van der Waals surface area contributed by atoms with Crippen molar-refractivity contribution < 1.29 is 0 Å². The molecular weight excluding hydrogens is 156 g/mol. The monoisotopic (exact) mass is 164 g/mol. The summed E-state index contributed by atoms with van der Waals surface area (Å²) in [5.74, 6) is 0. The van der Waals surface area contributed by atoms with Crippen LogP contribution in [0.3, 0.4) is 0 Å². The van der Waals surface area contributed by atoms with Crippen LogP contribution in [-0.2, 0) is 0 Å². The standard InChI is InChI=1S/C8H8N2S/c1-6-2-3-8(11-6)7-4-5-9-10-7/h2-5H,1H3,(H,9,10). The smallest absolute Gasteiger partial charge is 0.0749 e. The molecule has 0 amide bonds. The van der Waals surface area contributed by atoms with Gasteiger partial charge in [-0.3, -0.25) is 5.10 Å². The Labute approximate surface area is 68.9 Å². The van der Waals surface area contributed by atoms with Crippen LogP contribution in [-0.4, -0.2) is 10.2 Å². The molecule has 0 saturated carbocycles. The number of aromatic nitrogens is 2. The molecule has 2 nitrogen and oxygen atoms in total. The average molecular weight is 164 g/mol. The van der Waals surface area contributed by atoms with Gasteiger partial charge in [-0.05, 0) is 25.1 Å². The van der Waals surface area contributed by atoms with Crippen LogP contribution in [0.1, 0.15) is 4.88 Å². The van der Waals surface area contributed by atoms with Crippen molar-refractivity contribution in [3.05, 3.63) is 29.3 Å². The Morgan fingerprint density at radius 3 is 2.82 bits per heavy atom. The maximum Gasteiger partial charge on any atom is 0.0749 e. The lowest BCUT2D eigenvalue weighted by Crippen LogP contribution is -1.69. The highest BCUT2D eigenvalue weighted by Crippen LogP contribution is 2.24. The van der Waals surface area contributed by atoms with Gasteiger partial charge < -0.3 is 0 Å². The molecule has 1 N–H and O–H groups in total. The number of hydrogen-bond acceptors (Lipinski definition) is 2. The third-order valence-electron chi connectivity index (χ3n) is 1.51. The second-order valence-corrected chi connectivity index (χ2v) is 3.67. The van der Waals surface area contributed by atoms with Gasteiger partial charge in [-0.2, -0.15) is 5.10 Å². The minimum absolute atomic E-state index is 1.10. The minimum Gasteiger partial charge on any atom is -0.277 e. The highest BCUT2D eigenvalue weighted by Gasteiger charge is 1.99. The summed E-state index contributed by atoms with van der Waals surface area (Å²) >= 11 is 1.77. The number of aromatic amines is 1. The van der Waals surface area contributed by atoms with Crippen molar-refractivity contribution >= 4 is 11.3 Å². The van der Waals surface area contributed by atoms with E-state index in [2.05, 4.69) is 29.3 Å². The minimum atomic E-state index is 1.10. The predicted molar refractivity (Wildman–Crippen MR) is 46.6 cm³/mol. The molecule has 0 saturated heterocycles. The maximum atomic E-state index is 3.89. The fraction of sp³-hybridized carbons (Fsp3) is 0.125. The first-order valence-corrected chi connectivity index (χ1v) is 4.24. The van der Waals surface area contributed by atoms with Crippen molar-refractivity contribution in [1.82, 2.24) is 10.2 Å². The predicted octanol–water partition coefficient (Wildman–Crippen LogP) is 2.45. The van der Waals surface area contributed by atoms with E-state index < -0.39 is 0 Å². The quantitative estimate of drug-likeness (QED) is 0.689. The van der Waals surface area contributed by atoms with Crippen molar-refractivity contribution in [3.63, 3.8) is 0 Å². The molecular formula is C8H8N2S. The summed E-state index contributed by atoms with van der Waals surface area (Å²) in [6.45, 7) is 2.10. The highest BCUT2D eigenvalue weighted by atomic mass is 32.1. The number of nitrogens with zero attached hydrogens (tertiary/aromatic N) is 1. The molecule has 0 bridgehead atoms. The molecule has 2 aromatic heterocycles. The lowest BCUT2D eigenvalue weighted by Gasteiger charge is -1.86. The van der Waals surface area contributed by atoms with Crippen LogP contribution < -0.4 is 0 Å². The molecule has 3 heteroatoms. The van der Waals surface area contributed by atoms with E-state index in [1.807, 2.05) is 6.07 Å². The molecule has 0 atom stereocenters. The van der Waals surface area contributed by atoms with Gasteiger partial charge in [0.1, 0.15) is 0 Å². The summed E-state index contributed by atoms with van der Waals surface area (Å²) in [4.78, 5) is 2.58. The Morgan fingerprint density at radius 1 is 1.36 bits per heavy atom. The van der Waals surface area contributed by atoms with Gasteiger partial charge in [0.05, 0.1) is 10.6 Å². The molecule has 56 valence electrons. The van der Waals surface area contributed by atoms with Gasteiger partial charge in [-0.1, -0.05) is 0 Å². The largest absolute Gasteiger partial charge is 0.277 e. The van der Waals surface area contributed by atoms with Gasteiger partial charge in [0.2, 0.25) is 0 Å². The van der Waals surface area contributed by atoms with E-state index in [1.54, 1.807) is 17.5 Å². The molecule has 0 aromatic carbocycles. The van der Waals surface area contributed by atoms with Crippen LogP contribution >= 0.6 is 11.3 Å². The van der Waals surface area contributed by atoms with E-state index in [4.69, 9.17) is 0 Å². The van der Waals surface area contributed by atoms with E-state index >= 15 is 0 Å². The van der Waals surface area contributed by atoms with Gasteiger partial charge in [0.25, 0.3) is 0 Å². The van der Waals surface area contributed by atoms with Gasteiger partial charge >= 0.3 is 0 Å². The Kier molecular flexibility index (Phi) is 1.51. The number of nitrogens with one attached hydrogen (secondary N) is 1. The lowest BCUT2D eigenvalue weighted by atomic mass is 10.3. The topological polar surface area (TPSA) is 28.7 Å². The molecule has 11 heavy (non-hydrogen) atoms. The molecule has 2 heterocycles. The molecule has 0 spiro atoms. The van der Waals surface area contributed by atoms with Crippen LogP contribution in [0.2, 0.25) is 0 Å². The van der Waals surface area contributed by atoms with Gasteiger partial charge in [0.15, 0.2) is 0 Å². The first-order chi connectivity index (χ1) is 5.36. The summed E-state index contributed by atoms with van der Waals surface area (Å²) in [5.41, 5.74) is 1.10. The fourth-order valence-electron chi connectivity index (χ4n) is 0.972. The Balaban J connectivity index is 2.45. The Bertz CT molecular complexity index is 335. The van der Waals surface area contributed by atoms with E-state index in [0.717, 1.165) is 5.69 Å². The maximum absolute atomic E-state index is 3.89. The first-order valence-electron chi connectivity index (χ1n) is 3.42. The number of rotatable bonds is 1. The lowest BCUT2D eigenvalue weighted by molar-refractivity contribution is 1.10. The second-order valence-electron chi connectivity index (χ2n) is 2.38. The molecule has 0 fully saturated rings. The third-order valence-corrected chi connectivity index (χ3v) is 2.54. The molecule has 0 radical (unpaired) electrons. The number of aryl methyl sites for hydroxylation is 1. The Hall–Kier alpha value is -1.09. The summed E-state index contributed by atoms with van der Waals surface area (Å²) < 4.78 is 0. The zero-order chi connectivity index (χ0) is 7.68. The van der Waals surface area contributed by atoms with Crippen LogP contribution in [0.5, 0.6) is 0 Å². The van der Waals surface area contributed by atoms with Crippen molar-refractivity contribution in [2.24, 2.45) is 0 Å². The molecule has 0 aliphatic rings. The zero-order valence-corrected chi connectivity index (χ0v) is 6.98. The van der Waals surface area contributed by atoms with Gasteiger partial charge in [-0.15, -0.1) is 11.3 Å². The van der Waals surface area contributed by atoms with Gasteiger partial charge in [-0.25, -0.2) is 0 Å². The number of hydrogen-bond donors (Lipinski definition) is 1. The number of H-pyrrole nitrogens is 1.